The van der Waals surface area contributed by atoms with Crippen LogP contribution in [-0.2, 0) is 16.6 Å². The van der Waals surface area contributed by atoms with Crippen LogP contribution < -0.4 is 10.5 Å². The van der Waals surface area contributed by atoms with Crippen LogP contribution in [-0.4, -0.2) is 24.6 Å². The van der Waals surface area contributed by atoms with Gasteiger partial charge in [-0.1, -0.05) is 66.7 Å². The maximum absolute atomic E-state index is 12.6. The average Bonchev–Trinajstić information content (AvgIpc) is 2.84. The molecule has 1 saturated carbocycles. The lowest BCUT2D eigenvalue weighted by Crippen LogP contribution is -2.43. The van der Waals surface area contributed by atoms with Gasteiger partial charge in [0.05, 0.1) is 17.5 Å². The highest BCUT2D eigenvalue weighted by molar-refractivity contribution is 7.90. The zero-order valence-electron chi connectivity index (χ0n) is 18.5. The van der Waals surface area contributed by atoms with Crippen molar-refractivity contribution in [3.8, 4) is 22.4 Å². The number of hydrogen-bond donors (Lipinski definition) is 2. The van der Waals surface area contributed by atoms with E-state index >= 15 is 0 Å². The Hall–Kier alpha value is -2.61. The second kappa shape index (κ2) is 10.8. The lowest BCUT2D eigenvalue weighted by molar-refractivity contribution is 0.482. The largest absolute Gasteiger partial charge is 0.369 e. The Labute approximate surface area is 210 Å². The van der Waals surface area contributed by atoms with Gasteiger partial charge in [-0.15, -0.1) is 0 Å². The van der Waals surface area contributed by atoms with E-state index in [4.69, 9.17) is 28.9 Å². The maximum atomic E-state index is 12.6. The number of nitrogens with two attached hydrogens (primary N) is 1. The summed E-state index contributed by atoms with van der Waals surface area (Å²) in [4.78, 5) is 8.94. The predicted molar refractivity (Wildman–Crippen MR) is 139 cm³/mol. The van der Waals surface area contributed by atoms with E-state index in [1.807, 2.05) is 54.6 Å². The molecule has 6 nitrogen and oxygen atoms in total. The summed E-state index contributed by atoms with van der Waals surface area (Å²) >= 11 is 12.1. The summed E-state index contributed by atoms with van der Waals surface area (Å²) in [6, 6.07) is 17.0. The molecule has 1 aliphatic carbocycles. The summed E-state index contributed by atoms with van der Waals surface area (Å²) in [6.45, 7) is 0.188. The normalized spacial score (nSPS) is 15.3. The number of nitrogens with one attached hydrogen (secondary N) is 1. The van der Waals surface area contributed by atoms with Gasteiger partial charge in [0.15, 0.2) is 0 Å². The molecule has 9 heteroatoms. The first-order valence-electron chi connectivity index (χ1n) is 11.1. The highest BCUT2D eigenvalue weighted by atomic mass is 35.5. The number of hydrogen-bond acceptors (Lipinski definition) is 4. The molecule has 0 atom stereocenters. The third kappa shape index (κ3) is 6.09. The molecule has 34 heavy (non-hydrogen) atoms. The van der Waals surface area contributed by atoms with Crippen molar-refractivity contribution in [2.75, 3.05) is 0 Å². The van der Waals surface area contributed by atoms with E-state index in [2.05, 4.69) is 14.7 Å². The van der Waals surface area contributed by atoms with Gasteiger partial charge in [-0.2, -0.15) is 0 Å². The molecule has 0 saturated heterocycles. The number of halogens is 2. The molecule has 178 valence electrons. The number of pyridine rings is 1. The molecule has 4 rings (SSSR count). The van der Waals surface area contributed by atoms with Gasteiger partial charge in [0.2, 0.25) is 16.0 Å². The second-order valence-corrected chi connectivity index (χ2v) is 11.2. The van der Waals surface area contributed by atoms with Crippen LogP contribution in [0, 0.1) is 0 Å². The van der Waals surface area contributed by atoms with Crippen LogP contribution in [0.1, 0.15) is 37.7 Å². The maximum Gasteiger partial charge on any atom is 0.237 e. The number of aromatic nitrogens is 1. The molecule has 1 fully saturated rings. The van der Waals surface area contributed by atoms with Gasteiger partial charge in [0.25, 0.3) is 0 Å². The summed E-state index contributed by atoms with van der Waals surface area (Å²) in [5, 5.41) is 0.879. The number of aliphatic imine (C=N–C) groups is 1. The Morgan fingerprint density at radius 1 is 0.971 bits per heavy atom. The second-order valence-electron chi connectivity index (χ2n) is 8.36. The van der Waals surface area contributed by atoms with E-state index in [9.17, 15) is 8.42 Å². The van der Waals surface area contributed by atoms with Gasteiger partial charge in [0.1, 0.15) is 0 Å². The van der Waals surface area contributed by atoms with Gasteiger partial charge in [-0.05, 0) is 54.3 Å². The fourth-order valence-electron chi connectivity index (χ4n) is 4.10. The minimum absolute atomic E-state index is 0.111. The quantitative estimate of drug-likeness (QED) is 0.320. The van der Waals surface area contributed by atoms with Crippen molar-refractivity contribution < 1.29 is 8.42 Å². The summed E-state index contributed by atoms with van der Waals surface area (Å²) in [5.74, 6) is -0.111. The van der Waals surface area contributed by atoms with Crippen molar-refractivity contribution in [3.63, 3.8) is 0 Å². The van der Waals surface area contributed by atoms with Crippen molar-refractivity contribution in [3.05, 3.63) is 76.4 Å². The Balaban J connectivity index is 1.59. The molecule has 3 N–H and O–H groups in total. The monoisotopic (exact) mass is 516 g/mol. The predicted octanol–water partition coefficient (Wildman–Crippen LogP) is 5.79. The van der Waals surface area contributed by atoms with Crippen LogP contribution in [0.4, 0.5) is 0 Å². The molecule has 3 aromatic rings. The highest BCUT2D eigenvalue weighted by Crippen LogP contribution is 2.32. The molecule has 1 aromatic heterocycles. The molecule has 0 radical (unpaired) electrons. The lowest BCUT2D eigenvalue weighted by Gasteiger charge is -2.22. The summed E-state index contributed by atoms with van der Waals surface area (Å²) in [7, 11) is -3.53. The summed E-state index contributed by atoms with van der Waals surface area (Å²) in [6.07, 6.45) is 5.94. The zero-order chi connectivity index (χ0) is 24.1. The van der Waals surface area contributed by atoms with Crippen molar-refractivity contribution in [2.45, 2.75) is 43.9 Å². The van der Waals surface area contributed by atoms with E-state index in [0.717, 1.165) is 47.2 Å². The van der Waals surface area contributed by atoms with Gasteiger partial charge in [0, 0.05) is 27.4 Å². The Bertz CT molecular complexity index is 1270. The average molecular weight is 517 g/mol. The number of nitrogens with zero attached hydrogens (tertiary/aromatic N) is 2. The zero-order valence-corrected chi connectivity index (χ0v) is 20.9. The summed E-state index contributed by atoms with van der Waals surface area (Å²) < 4.78 is 27.6. The Kier molecular flexibility index (Phi) is 7.76. The van der Waals surface area contributed by atoms with Crippen LogP contribution in [0.3, 0.4) is 0 Å². The number of guanidine groups is 1. The van der Waals surface area contributed by atoms with E-state index in [-0.39, 0.29) is 12.5 Å². The van der Waals surface area contributed by atoms with Gasteiger partial charge in [-0.25, -0.2) is 13.4 Å². The van der Waals surface area contributed by atoms with Crippen molar-refractivity contribution in [2.24, 2.45) is 10.7 Å². The van der Waals surface area contributed by atoms with Crippen LogP contribution in [0.25, 0.3) is 22.4 Å². The first-order chi connectivity index (χ1) is 16.3. The van der Waals surface area contributed by atoms with Crippen LogP contribution >= 0.6 is 23.2 Å². The first-order valence-corrected chi connectivity index (χ1v) is 13.4. The van der Waals surface area contributed by atoms with Gasteiger partial charge in [-0.3, -0.25) is 9.71 Å². The standard InChI is InChI=1S/C25H26Cl2N4O2S/c26-20-10-6-18(7-11-20)23-14-17(15-29-24(23)19-8-12-21(27)13-9-19)16-30-25(28)31-34(32,33)22-4-2-1-3-5-22/h6-15,22H,1-5,16H2,(H3,28,30,31). The topological polar surface area (TPSA) is 97.4 Å². The SMILES string of the molecule is NC(=NCc1cnc(-c2ccc(Cl)cc2)c(-c2ccc(Cl)cc2)c1)NS(=O)(=O)C1CCCCC1. The smallest absolute Gasteiger partial charge is 0.237 e. The Morgan fingerprint density at radius 2 is 1.56 bits per heavy atom. The lowest BCUT2D eigenvalue weighted by atomic mass is 9.98. The molecule has 1 heterocycles. The van der Waals surface area contributed by atoms with Crippen molar-refractivity contribution in [1.29, 1.82) is 0 Å². The molecule has 0 amide bonds. The van der Waals surface area contributed by atoms with Crippen LogP contribution in [0.5, 0.6) is 0 Å². The fraction of sp³-hybridized carbons (Fsp3) is 0.280. The molecular weight excluding hydrogens is 491 g/mol. The van der Waals surface area contributed by atoms with Crippen LogP contribution in [0.15, 0.2) is 65.8 Å². The minimum atomic E-state index is -3.53. The highest BCUT2D eigenvalue weighted by Gasteiger charge is 2.27. The van der Waals surface area contributed by atoms with Gasteiger partial charge >= 0.3 is 0 Å². The van der Waals surface area contributed by atoms with E-state index in [0.29, 0.717) is 22.9 Å². The van der Waals surface area contributed by atoms with Crippen molar-refractivity contribution >= 4 is 39.2 Å². The molecule has 0 unspecified atom stereocenters. The number of rotatable bonds is 6. The molecule has 0 spiro atoms. The number of benzene rings is 2. The third-order valence-electron chi connectivity index (χ3n) is 5.89. The van der Waals surface area contributed by atoms with E-state index in [1.165, 1.54) is 0 Å². The summed E-state index contributed by atoms with van der Waals surface area (Å²) in [5.41, 5.74) is 10.3. The van der Waals surface area contributed by atoms with Crippen molar-refractivity contribution in [1.82, 2.24) is 9.71 Å². The first kappa shape index (κ1) is 24.5. The van der Waals surface area contributed by atoms with E-state index in [1.54, 1.807) is 6.20 Å². The Morgan fingerprint density at radius 3 is 2.18 bits per heavy atom. The molecule has 0 aliphatic heterocycles. The molecule has 2 aromatic carbocycles. The third-order valence-corrected chi connectivity index (χ3v) is 8.23. The molecule has 0 bridgehead atoms. The molecular formula is C25H26Cl2N4O2S. The van der Waals surface area contributed by atoms with E-state index < -0.39 is 15.3 Å². The van der Waals surface area contributed by atoms with Crippen LogP contribution in [0.2, 0.25) is 10.0 Å². The molecule has 1 aliphatic rings. The fourth-order valence-corrected chi connectivity index (χ4v) is 5.82. The van der Waals surface area contributed by atoms with Gasteiger partial charge < -0.3 is 5.73 Å². The number of sulfonamides is 1. The minimum Gasteiger partial charge on any atom is -0.369 e.